The fourth-order valence-corrected chi connectivity index (χ4v) is 4.54. The summed E-state index contributed by atoms with van der Waals surface area (Å²) in [5.74, 6) is 0.524. The number of nitrogens with one attached hydrogen (secondary N) is 2. The summed E-state index contributed by atoms with van der Waals surface area (Å²) in [6.07, 6.45) is 2.74. The van der Waals surface area contributed by atoms with E-state index in [1.807, 2.05) is 24.3 Å². The van der Waals surface area contributed by atoms with Crippen LogP contribution >= 0.6 is 0 Å². The highest BCUT2D eigenvalue weighted by molar-refractivity contribution is 6.14. The van der Waals surface area contributed by atoms with Crippen LogP contribution < -0.4 is 10.6 Å². The molecule has 0 aliphatic carbocycles. The first-order valence-electron chi connectivity index (χ1n) is 10.4. The van der Waals surface area contributed by atoms with Gasteiger partial charge in [0.05, 0.1) is 11.9 Å². The third-order valence-electron chi connectivity index (χ3n) is 6.31. The van der Waals surface area contributed by atoms with E-state index in [4.69, 9.17) is 0 Å². The van der Waals surface area contributed by atoms with Gasteiger partial charge in [0, 0.05) is 17.7 Å². The fraction of sp³-hybridized carbons (Fsp3) is 0.292. The molecule has 152 valence electrons. The molecule has 0 fully saturated rings. The molecule has 1 spiro atoms. The summed E-state index contributed by atoms with van der Waals surface area (Å²) in [6, 6.07) is 14.1. The highest BCUT2D eigenvalue weighted by atomic mass is 16.2. The summed E-state index contributed by atoms with van der Waals surface area (Å²) in [5, 5.41) is 10.5. The van der Waals surface area contributed by atoms with Crippen molar-refractivity contribution in [3.63, 3.8) is 0 Å². The lowest BCUT2D eigenvalue weighted by atomic mass is 9.71. The van der Waals surface area contributed by atoms with Crippen LogP contribution in [0, 0.1) is 0 Å². The number of fused-ring (bicyclic) bond motifs is 4. The van der Waals surface area contributed by atoms with Crippen molar-refractivity contribution in [1.29, 1.82) is 0 Å². The minimum Gasteiger partial charge on any atom is -0.325 e. The molecule has 6 heteroatoms. The molecule has 1 atom stereocenters. The predicted molar refractivity (Wildman–Crippen MR) is 116 cm³/mol. The molecule has 3 aromatic rings. The van der Waals surface area contributed by atoms with Gasteiger partial charge in [-0.3, -0.25) is 9.59 Å². The van der Waals surface area contributed by atoms with Gasteiger partial charge in [-0.25, -0.2) is 4.68 Å². The smallest absolute Gasteiger partial charge is 0.240 e. The first-order chi connectivity index (χ1) is 14.4. The van der Waals surface area contributed by atoms with Crippen molar-refractivity contribution >= 4 is 23.3 Å². The maximum atomic E-state index is 13.3. The standard InChI is InChI=1S/C24H24N4O2/c1-4-15-5-8-17(9-6-15)28-22-19(13-25-28)24(12-21(29)27-22)18-11-16(14(2)3)7-10-20(18)26-23(24)30/h5-11,13-14H,4,12H2,1-3H3,(H,26,30)(H,27,29)/t24-/m0/s1. The van der Waals surface area contributed by atoms with Gasteiger partial charge >= 0.3 is 0 Å². The molecule has 2 aromatic carbocycles. The van der Waals surface area contributed by atoms with Gasteiger partial charge < -0.3 is 10.6 Å². The number of benzene rings is 2. The Kier molecular flexibility index (Phi) is 4.07. The molecule has 0 unspecified atom stereocenters. The lowest BCUT2D eigenvalue weighted by Gasteiger charge is -2.32. The average molecular weight is 400 g/mol. The van der Waals surface area contributed by atoms with Crippen LogP contribution in [0.15, 0.2) is 48.7 Å². The Hall–Kier alpha value is -3.41. The summed E-state index contributed by atoms with van der Waals surface area (Å²) in [6.45, 7) is 6.35. The van der Waals surface area contributed by atoms with Gasteiger partial charge in [0.15, 0.2) is 0 Å². The van der Waals surface area contributed by atoms with Crippen LogP contribution in [0.2, 0.25) is 0 Å². The average Bonchev–Trinajstić information content (AvgIpc) is 3.27. The second-order valence-corrected chi connectivity index (χ2v) is 8.38. The van der Waals surface area contributed by atoms with Gasteiger partial charge in [-0.2, -0.15) is 5.10 Å². The maximum Gasteiger partial charge on any atom is 0.240 e. The predicted octanol–water partition coefficient (Wildman–Crippen LogP) is 4.14. The van der Waals surface area contributed by atoms with Crippen molar-refractivity contribution in [3.8, 4) is 5.69 Å². The molecule has 2 amide bonds. The topological polar surface area (TPSA) is 76.0 Å². The SMILES string of the molecule is CCc1ccc(-n2ncc3c2NC(=O)C[C@@]32C(=O)Nc3ccc(C(C)C)cc32)cc1. The van der Waals surface area contributed by atoms with Crippen LogP contribution in [-0.2, 0) is 21.4 Å². The Morgan fingerprint density at radius 1 is 1.07 bits per heavy atom. The molecule has 0 radical (unpaired) electrons. The summed E-state index contributed by atoms with van der Waals surface area (Å²) in [7, 11) is 0. The van der Waals surface area contributed by atoms with Crippen LogP contribution in [-0.4, -0.2) is 21.6 Å². The number of aromatic nitrogens is 2. The second-order valence-electron chi connectivity index (χ2n) is 8.38. The Morgan fingerprint density at radius 3 is 2.53 bits per heavy atom. The number of anilines is 2. The highest BCUT2D eigenvalue weighted by Crippen LogP contribution is 2.50. The number of hydrogen-bond acceptors (Lipinski definition) is 3. The van der Waals surface area contributed by atoms with E-state index < -0.39 is 5.41 Å². The van der Waals surface area contributed by atoms with E-state index in [0.29, 0.717) is 11.7 Å². The van der Waals surface area contributed by atoms with Gasteiger partial charge in [-0.05, 0) is 47.2 Å². The number of nitrogens with zero attached hydrogens (tertiary/aromatic N) is 2. The van der Waals surface area contributed by atoms with E-state index in [1.54, 1.807) is 10.9 Å². The minimum absolute atomic E-state index is 0.0703. The molecule has 1 aromatic heterocycles. The molecule has 0 saturated heterocycles. The molecule has 0 saturated carbocycles. The zero-order valence-electron chi connectivity index (χ0n) is 17.3. The molecule has 5 rings (SSSR count). The molecule has 2 N–H and O–H groups in total. The van der Waals surface area contributed by atoms with Crippen molar-refractivity contribution in [1.82, 2.24) is 9.78 Å². The normalized spacial score (nSPS) is 19.6. The number of carbonyl (C=O) groups excluding carboxylic acids is 2. The van der Waals surface area contributed by atoms with Crippen molar-refractivity contribution < 1.29 is 9.59 Å². The lowest BCUT2D eigenvalue weighted by Crippen LogP contribution is -2.43. The van der Waals surface area contributed by atoms with Crippen LogP contribution in [0.4, 0.5) is 11.5 Å². The van der Waals surface area contributed by atoms with E-state index in [1.165, 1.54) is 5.56 Å². The summed E-state index contributed by atoms with van der Waals surface area (Å²) in [5.41, 5.74) is 4.52. The number of hydrogen-bond donors (Lipinski definition) is 2. The van der Waals surface area contributed by atoms with E-state index in [-0.39, 0.29) is 18.2 Å². The van der Waals surface area contributed by atoms with Crippen LogP contribution in [0.1, 0.15) is 55.4 Å². The van der Waals surface area contributed by atoms with Crippen LogP contribution in [0.5, 0.6) is 0 Å². The summed E-state index contributed by atoms with van der Waals surface area (Å²) < 4.78 is 1.71. The highest BCUT2D eigenvalue weighted by Gasteiger charge is 2.54. The van der Waals surface area contributed by atoms with E-state index in [0.717, 1.165) is 34.5 Å². The summed E-state index contributed by atoms with van der Waals surface area (Å²) >= 11 is 0. The second kappa shape index (κ2) is 6.55. The number of carbonyl (C=O) groups is 2. The first kappa shape index (κ1) is 18.6. The van der Waals surface area contributed by atoms with Crippen LogP contribution in [0.3, 0.4) is 0 Å². The fourth-order valence-electron chi connectivity index (χ4n) is 4.54. The monoisotopic (exact) mass is 400 g/mol. The molecule has 3 heterocycles. The number of rotatable bonds is 3. The van der Waals surface area contributed by atoms with E-state index >= 15 is 0 Å². The molecule has 6 nitrogen and oxygen atoms in total. The Balaban J connectivity index is 1.71. The van der Waals surface area contributed by atoms with Crippen molar-refractivity contribution in [3.05, 3.63) is 70.9 Å². The van der Waals surface area contributed by atoms with E-state index in [9.17, 15) is 9.59 Å². The third kappa shape index (κ3) is 2.53. The molecule has 30 heavy (non-hydrogen) atoms. The van der Waals surface area contributed by atoms with Gasteiger partial charge in [-0.15, -0.1) is 0 Å². The largest absolute Gasteiger partial charge is 0.325 e. The van der Waals surface area contributed by atoms with Gasteiger partial charge in [0.2, 0.25) is 11.8 Å². The number of amides is 2. The third-order valence-corrected chi connectivity index (χ3v) is 6.31. The van der Waals surface area contributed by atoms with Gasteiger partial charge in [0.25, 0.3) is 0 Å². The van der Waals surface area contributed by atoms with Gasteiger partial charge in [0.1, 0.15) is 11.2 Å². The molecule has 0 bridgehead atoms. The molecular formula is C24H24N4O2. The minimum atomic E-state index is -1.06. The molecule has 2 aliphatic rings. The van der Waals surface area contributed by atoms with Gasteiger partial charge in [-0.1, -0.05) is 45.0 Å². The lowest BCUT2D eigenvalue weighted by molar-refractivity contribution is -0.125. The van der Waals surface area contributed by atoms with Crippen LogP contribution in [0.25, 0.3) is 5.69 Å². The summed E-state index contributed by atoms with van der Waals surface area (Å²) in [4.78, 5) is 26.1. The number of aryl methyl sites for hydroxylation is 1. The Labute approximate surface area is 175 Å². The zero-order chi connectivity index (χ0) is 21.0. The molecule has 2 aliphatic heterocycles. The van der Waals surface area contributed by atoms with Crippen molar-refractivity contribution in [2.24, 2.45) is 0 Å². The van der Waals surface area contributed by atoms with E-state index in [2.05, 4.69) is 54.7 Å². The van der Waals surface area contributed by atoms with Crippen molar-refractivity contribution in [2.75, 3.05) is 10.6 Å². The Morgan fingerprint density at radius 2 is 1.83 bits per heavy atom. The first-order valence-corrected chi connectivity index (χ1v) is 10.4. The maximum absolute atomic E-state index is 13.3. The zero-order valence-corrected chi connectivity index (χ0v) is 17.3. The quantitative estimate of drug-likeness (QED) is 0.694. The van der Waals surface area contributed by atoms with Crippen molar-refractivity contribution in [2.45, 2.75) is 44.9 Å². The molecular weight excluding hydrogens is 376 g/mol. The Bertz CT molecular complexity index is 1180.